The average molecular weight is 405 g/mol. The van der Waals surface area contributed by atoms with Crippen molar-refractivity contribution in [2.24, 2.45) is 5.92 Å². The van der Waals surface area contributed by atoms with Gasteiger partial charge in [-0.2, -0.15) is 4.98 Å². The van der Waals surface area contributed by atoms with E-state index >= 15 is 0 Å². The van der Waals surface area contributed by atoms with Gasteiger partial charge in [-0.1, -0.05) is 41.1 Å². The molecule has 2 heterocycles. The second-order valence-corrected chi connectivity index (χ2v) is 7.98. The Bertz CT molecular complexity index is 1040. The second-order valence-electron chi connectivity index (χ2n) is 7.98. The third kappa shape index (κ3) is 4.44. The largest absolute Gasteiger partial charge is 0.497 e. The lowest BCUT2D eigenvalue weighted by atomic mass is 9.87. The Morgan fingerprint density at radius 2 is 1.97 bits per heavy atom. The molecule has 0 saturated carbocycles. The highest BCUT2D eigenvalue weighted by Crippen LogP contribution is 2.26. The van der Waals surface area contributed by atoms with Gasteiger partial charge in [0, 0.05) is 17.0 Å². The maximum atomic E-state index is 12.9. The molecule has 0 bridgehead atoms. The molecular formula is C24H27N3O3. The van der Waals surface area contributed by atoms with Crippen LogP contribution in [-0.2, 0) is 6.54 Å². The molecule has 1 aliphatic heterocycles. The van der Waals surface area contributed by atoms with E-state index in [1.165, 1.54) is 5.56 Å². The van der Waals surface area contributed by atoms with Crippen molar-refractivity contribution >= 4 is 5.78 Å². The first-order valence-electron chi connectivity index (χ1n) is 10.3. The Balaban J connectivity index is 1.35. The first-order chi connectivity index (χ1) is 14.5. The van der Waals surface area contributed by atoms with E-state index in [-0.39, 0.29) is 11.7 Å². The van der Waals surface area contributed by atoms with Crippen molar-refractivity contribution in [1.82, 2.24) is 15.0 Å². The number of likely N-dealkylation sites (tertiary alicyclic amines) is 1. The molecule has 0 unspecified atom stereocenters. The van der Waals surface area contributed by atoms with E-state index in [9.17, 15) is 4.79 Å². The number of Topliss-reactive ketones (excluding diaryl/α,β-unsaturated/α-hetero) is 1. The van der Waals surface area contributed by atoms with Gasteiger partial charge in [-0.25, -0.2) is 0 Å². The summed E-state index contributed by atoms with van der Waals surface area (Å²) in [7, 11) is 1.63. The van der Waals surface area contributed by atoms with Crippen LogP contribution in [0.2, 0.25) is 0 Å². The number of benzene rings is 2. The van der Waals surface area contributed by atoms with Crippen molar-refractivity contribution < 1.29 is 14.1 Å². The molecule has 30 heavy (non-hydrogen) atoms. The van der Waals surface area contributed by atoms with Crippen LogP contribution in [0.3, 0.4) is 0 Å². The molecule has 0 radical (unpaired) electrons. The zero-order valence-corrected chi connectivity index (χ0v) is 17.7. The lowest BCUT2D eigenvalue weighted by Gasteiger charge is -2.30. The van der Waals surface area contributed by atoms with Gasteiger partial charge in [0.15, 0.2) is 5.78 Å². The summed E-state index contributed by atoms with van der Waals surface area (Å²) in [5.41, 5.74) is 3.98. The van der Waals surface area contributed by atoms with Gasteiger partial charge >= 0.3 is 0 Å². The molecule has 0 amide bonds. The number of piperidine rings is 1. The van der Waals surface area contributed by atoms with Gasteiger partial charge in [-0.15, -0.1) is 0 Å². The highest BCUT2D eigenvalue weighted by atomic mass is 16.5. The summed E-state index contributed by atoms with van der Waals surface area (Å²) in [6.45, 7) is 6.36. The Morgan fingerprint density at radius 1 is 1.17 bits per heavy atom. The van der Waals surface area contributed by atoms with Crippen molar-refractivity contribution in [3.63, 3.8) is 0 Å². The Hall–Kier alpha value is -2.99. The molecule has 2 aromatic carbocycles. The minimum Gasteiger partial charge on any atom is -0.497 e. The van der Waals surface area contributed by atoms with Gasteiger partial charge in [0.05, 0.1) is 13.7 Å². The summed E-state index contributed by atoms with van der Waals surface area (Å²) in [6.07, 6.45) is 1.70. The monoisotopic (exact) mass is 405 g/mol. The van der Waals surface area contributed by atoms with Crippen LogP contribution in [0.1, 0.15) is 40.2 Å². The van der Waals surface area contributed by atoms with E-state index in [0.29, 0.717) is 18.3 Å². The number of methoxy groups -OCH3 is 1. The quantitative estimate of drug-likeness (QED) is 0.564. The first kappa shape index (κ1) is 20.3. The van der Waals surface area contributed by atoms with E-state index in [1.54, 1.807) is 7.11 Å². The SMILES string of the molecule is COc1cccc(-c2noc(CN3CCC(C(=O)c4ccc(C)cc4C)CC3)n2)c1. The summed E-state index contributed by atoms with van der Waals surface area (Å²) >= 11 is 0. The number of hydrogen-bond donors (Lipinski definition) is 0. The Labute approximate surface area is 176 Å². The molecule has 4 rings (SSSR count). The van der Waals surface area contributed by atoms with Crippen LogP contribution in [0.25, 0.3) is 11.4 Å². The molecule has 156 valence electrons. The normalized spacial score (nSPS) is 15.3. The van der Waals surface area contributed by atoms with Crippen LogP contribution >= 0.6 is 0 Å². The van der Waals surface area contributed by atoms with Crippen molar-refractivity contribution in [2.45, 2.75) is 33.2 Å². The van der Waals surface area contributed by atoms with Gasteiger partial charge in [-0.3, -0.25) is 9.69 Å². The number of hydrogen-bond acceptors (Lipinski definition) is 6. The fourth-order valence-corrected chi connectivity index (χ4v) is 4.05. The molecule has 0 spiro atoms. The van der Waals surface area contributed by atoms with Gasteiger partial charge in [0.25, 0.3) is 0 Å². The molecule has 1 aliphatic rings. The van der Waals surface area contributed by atoms with Crippen molar-refractivity contribution in [1.29, 1.82) is 0 Å². The van der Waals surface area contributed by atoms with Gasteiger partial charge < -0.3 is 9.26 Å². The molecule has 0 aliphatic carbocycles. The van der Waals surface area contributed by atoms with Crippen LogP contribution in [0.4, 0.5) is 0 Å². The van der Waals surface area contributed by atoms with E-state index in [2.05, 4.69) is 28.0 Å². The van der Waals surface area contributed by atoms with Crippen LogP contribution in [-0.4, -0.2) is 41.0 Å². The van der Waals surface area contributed by atoms with Crippen molar-refractivity contribution in [3.8, 4) is 17.1 Å². The Kier molecular flexibility index (Phi) is 5.95. The summed E-state index contributed by atoms with van der Waals surface area (Å²) in [4.78, 5) is 19.7. The summed E-state index contributed by atoms with van der Waals surface area (Å²) in [5.74, 6) is 2.26. The van der Waals surface area contributed by atoms with E-state index < -0.39 is 0 Å². The fraction of sp³-hybridized carbons (Fsp3) is 0.375. The second kappa shape index (κ2) is 8.79. The first-order valence-corrected chi connectivity index (χ1v) is 10.3. The summed E-state index contributed by atoms with van der Waals surface area (Å²) < 4.78 is 10.7. The number of carbonyl (C=O) groups excluding carboxylic acids is 1. The van der Waals surface area contributed by atoms with Gasteiger partial charge in [0.2, 0.25) is 11.7 Å². The number of rotatable bonds is 6. The summed E-state index contributed by atoms with van der Waals surface area (Å²) in [5, 5.41) is 4.10. The molecule has 1 aromatic heterocycles. The van der Waals surface area contributed by atoms with E-state index in [4.69, 9.17) is 9.26 Å². The minimum absolute atomic E-state index is 0.0812. The molecule has 0 atom stereocenters. The highest BCUT2D eigenvalue weighted by molar-refractivity contribution is 5.99. The average Bonchev–Trinajstić information content (AvgIpc) is 3.22. The zero-order valence-electron chi connectivity index (χ0n) is 17.7. The predicted molar refractivity (Wildman–Crippen MR) is 115 cm³/mol. The number of carbonyl (C=O) groups is 1. The summed E-state index contributed by atoms with van der Waals surface area (Å²) in [6, 6.07) is 13.7. The third-order valence-corrected chi connectivity index (χ3v) is 5.76. The lowest BCUT2D eigenvalue weighted by molar-refractivity contribution is 0.0824. The van der Waals surface area contributed by atoms with Gasteiger partial charge in [-0.05, 0) is 57.5 Å². The molecule has 1 fully saturated rings. The topological polar surface area (TPSA) is 68.5 Å². The molecule has 6 nitrogen and oxygen atoms in total. The number of nitrogens with zero attached hydrogens (tertiary/aromatic N) is 3. The van der Waals surface area contributed by atoms with Crippen LogP contribution in [0.15, 0.2) is 47.0 Å². The number of aryl methyl sites for hydroxylation is 2. The zero-order chi connectivity index (χ0) is 21.1. The predicted octanol–water partition coefficient (Wildman–Crippen LogP) is 4.46. The van der Waals surface area contributed by atoms with Crippen LogP contribution in [0, 0.1) is 19.8 Å². The number of aromatic nitrogens is 2. The molecule has 1 saturated heterocycles. The van der Waals surface area contributed by atoms with Gasteiger partial charge in [0.1, 0.15) is 5.75 Å². The maximum Gasteiger partial charge on any atom is 0.241 e. The minimum atomic E-state index is 0.0812. The molecule has 6 heteroatoms. The highest BCUT2D eigenvalue weighted by Gasteiger charge is 2.27. The third-order valence-electron chi connectivity index (χ3n) is 5.76. The van der Waals surface area contributed by atoms with Crippen LogP contribution in [0.5, 0.6) is 5.75 Å². The van der Waals surface area contributed by atoms with Crippen LogP contribution < -0.4 is 4.74 Å². The number of ether oxygens (including phenoxy) is 1. The van der Waals surface area contributed by atoms with Crippen molar-refractivity contribution in [3.05, 3.63) is 65.0 Å². The molecule has 3 aromatic rings. The fourth-order valence-electron chi connectivity index (χ4n) is 4.05. The maximum absolute atomic E-state index is 12.9. The van der Waals surface area contributed by atoms with Crippen molar-refractivity contribution in [2.75, 3.05) is 20.2 Å². The number of ketones is 1. The standard InChI is InChI=1S/C24H27N3O3/c1-16-7-8-21(17(2)13-16)23(28)18-9-11-27(12-10-18)15-22-25-24(26-30-22)19-5-4-6-20(14-19)29-3/h4-8,13-14,18H,9-12,15H2,1-3H3. The van der Waals surface area contributed by atoms with E-state index in [0.717, 1.165) is 48.4 Å². The Morgan fingerprint density at radius 3 is 2.70 bits per heavy atom. The smallest absolute Gasteiger partial charge is 0.241 e. The lowest BCUT2D eigenvalue weighted by Crippen LogP contribution is -2.36. The molecular weight excluding hydrogens is 378 g/mol. The van der Waals surface area contributed by atoms with E-state index in [1.807, 2.05) is 43.3 Å². The molecule has 0 N–H and O–H groups in total.